The molecule has 5 heteroatoms. The third-order valence-electron chi connectivity index (χ3n) is 1.14. The largest absolute Gasteiger partial charge is 2.00 e. The number of amides is 1. The molecule has 1 amide bonds. The molecule has 0 aromatic rings. The van der Waals surface area contributed by atoms with Crippen molar-refractivity contribution >= 4 is 5.91 Å². The van der Waals surface area contributed by atoms with Gasteiger partial charge < -0.3 is 27.6 Å². The summed E-state index contributed by atoms with van der Waals surface area (Å²) in [4.78, 5) is 10.4. The zero-order valence-corrected chi connectivity index (χ0v) is 15.6. The Balaban J connectivity index is -0.000000340. The Hall–Kier alpha value is 0.442. The second kappa shape index (κ2) is 18.8. The van der Waals surface area contributed by atoms with Crippen molar-refractivity contribution in [2.24, 2.45) is 0 Å². The molecule has 4 nitrogen and oxygen atoms in total. The molecule has 0 unspecified atom stereocenters. The van der Waals surface area contributed by atoms with Crippen molar-refractivity contribution in [3.63, 3.8) is 0 Å². The maximum Gasteiger partial charge on any atom is 2.00 e. The second-order valence-electron chi connectivity index (χ2n) is 3.71. The molecule has 0 aliphatic carbocycles. The van der Waals surface area contributed by atoms with E-state index in [1.54, 1.807) is 0 Å². The van der Waals surface area contributed by atoms with Crippen molar-refractivity contribution in [1.82, 2.24) is 5.32 Å². The zero-order chi connectivity index (χ0) is 12.8. The molecular weight excluding hydrogens is 444 g/mol. The molecule has 17 heavy (non-hydrogen) atoms. The Morgan fingerprint density at radius 3 is 2.06 bits per heavy atom. The van der Waals surface area contributed by atoms with Gasteiger partial charge in [-0.15, -0.1) is 0 Å². The zero-order valence-electron chi connectivity index (χ0n) is 11.5. The van der Waals surface area contributed by atoms with E-state index in [0.29, 0.717) is 33.0 Å². The monoisotopic (exact) mass is 469 g/mol. The fraction of sp³-hybridized carbons (Fsp3) is 0.750. The van der Waals surface area contributed by atoms with E-state index < -0.39 is 0 Å². The first-order valence-electron chi connectivity index (χ1n) is 5.46. The van der Waals surface area contributed by atoms with Crippen LogP contribution in [0.15, 0.2) is 0 Å². The average Bonchev–Trinajstić information content (AvgIpc) is 2.15. The maximum atomic E-state index is 10.4. The van der Waals surface area contributed by atoms with Gasteiger partial charge in [0, 0.05) is 13.5 Å². The van der Waals surface area contributed by atoms with Crippen LogP contribution >= 0.6 is 0 Å². The van der Waals surface area contributed by atoms with Gasteiger partial charge in [0.2, 0.25) is 5.91 Å². The molecular formula is C12H25NO3U. The van der Waals surface area contributed by atoms with Gasteiger partial charge in [-0.25, -0.2) is 0 Å². The third-order valence-corrected chi connectivity index (χ3v) is 1.14. The van der Waals surface area contributed by atoms with Crippen LogP contribution in [0, 0.1) is 44.0 Å². The van der Waals surface area contributed by atoms with Crippen molar-refractivity contribution in [1.29, 1.82) is 0 Å². The summed E-state index contributed by atoms with van der Waals surface area (Å²) in [6.07, 6.45) is 0. The van der Waals surface area contributed by atoms with Crippen molar-refractivity contribution in [3.05, 3.63) is 12.8 Å². The maximum absolute atomic E-state index is 10.4. The molecule has 0 atom stereocenters. The molecule has 0 saturated heterocycles. The minimum atomic E-state index is -0.0346. The smallest absolute Gasteiger partial charge is 0.411 e. The van der Waals surface area contributed by atoms with Crippen LogP contribution < -0.4 is 5.32 Å². The second-order valence-corrected chi connectivity index (χ2v) is 3.71. The molecule has 0 spiro atoms. The number of carbonyl (C=O) groups is 1. The van der Waals surface area contributed by atoms with Gasteiger partial charge in [0.25, 0.3) is 0 Å². The molecule has 100 valence electrons. The van der Waals surface area contributed by atoms with E-state index in [1.165, 1.54) is 12.8 Å². The summed E-state index contributed by atoms with van der Waals surface area (Å²) in [5.41, 5.74) is 0. The Labute approximate surface area is 130 Å². The number of ether oxygens (including phenoxy) is 2. The van der Waals surface area contributed by atoms with Crippen LogP contribution in [-0.4, -0.2) is 38.9 Å². The predicted molar refractivity (Wildman–Crippen MR) is 65.9 cm³/mol. The van der Waals surface area contributed by atoms with Crippen molar-refractivity contribution in [3.8, 4) is 0 Å². The standard InChI is InChI=1S/C8H16NO3.C4H9.U/c1-3-11-6-7-12-5-4-9-8(2)10;1-4(2)3;/h1,3-7H2,2H3,(H,9,10);1-3H3;/q2*-1;+2. The molecule has 0 bridgehead atoms. The first-order chi connectivity index (χ1) is 7.50. The van der Waals surface area contributed by atoms with Crippen LogP contribution in [0.1, 0.15) is 27.7 Å². The summed E-state index contributed by atoms with van der Waals surface area (Å²) in [6.45, 7) is 13.9. The summed E-state index contributed by atoms with van der Waals surface area (Å²) >= 11 is 0. The molecule has 1 N–H and O–H groups in total. The van der Waals surface area contributed by atoms with Gasteiger partial charge in [-0.1, -0.05) is 6.61 Å². The quantitative estimate of drug-likeness (QED) is 0.456. The Bertz CT molecular complexity index is 152. The van der Waals surface area contributed by atoms with Crippen LogP contribution in [-0.2, 0) is 14.3 Å². The van der Waals surface area contributed by atoms with E-state index >= 15 is 0 Å². The van der Waals surface area contributed by atoms with Crippen LogP contribution in [0.25, 0.3) is 0 Å². The van der Waals surface area contributed by atoms with Gasteiger partial charge >= 0.3 is 31.1 Å². The number of rotatable bonds is 7. The predicted octanol–water partition coefficient (Wildman–Crippen LogP) is 1.61. The molecule has 0 rings (SSSR count). The van der Waals surface area contributed by atoms with Crippen LogP contribution in [0.3, 0.4) is 0 Å². The summed E-state index contributed by atoms with van der Waals surface area (Å²) < 4.78 is 10.1. The van der Waals surface area contributed by atoms with E-state index in [0.717, 1.165) is 0 Å². The number of hydrogen-bond donors (Lipinski definition) is 1. The molecule has 0 aliphatic heterocycles. The molecule has 0 radical (unpaired) electrons. The SMILES string of the molecule is C[C-](C)C.[CH2-]COCCOCCNC(C)=O.[U+2]. The van der Waals surface area contributed by atoms with Gasteiger partial charge in [-0.2, -0.15) is 20.8 Å². The summed E-state index contributed by atoms with van der Waals surface area (Å²) in [5, 5.41) is 2.62. The van der Waals surface area contributed by atoms with Gasteiger partial charge in [-0.05, 0) is 0 Å². The molecule has 0 saturated carbocycles. The summed E-state index contributed by atoms with van der Waals surface area (Å²) in [7, 11) is 0. The van der Waals surface area contributed by atoms with E-state index in [9.17, 15) is 4.79 Å². The Morgan fingerprint density at radius 1 is 1.18 bits per heavy atom. The Morgan fingerprint density at radius 2 is 1.65 bits per heavy atom. The first-order valence-corrected chi connectivity index (χ1v) is 5.46. The van der Waals surface area contributed by atoms with Gasteiger partial charge in [-0.3, -0.25) is 4.79 Å². The van der Waals surface area contributed by atoms with Crippen LogP contribution in [0.2, 0.25) is 0 Å². The van der Waals surface area contributed by atoms with E-state index in [1.807, 2.05) is 0 Å². The molecule has 0 fully saturated rings. The van der Waals surface area contributed by atoms with Crippen LogP contribution in [0.5, 0.6) is 0 Å². The van der Waals surface area contributed by atoms with E-state index in [2.05, 4.69) is 33.0 Å². The van der Waals surface area contributed by atoms with Crippen molar-refractivity contribution < 1.29 is 45.4 Å². The number of carbonyl (C=O) groups excluding carboxylic acids is 1. The van der Waals surface area contributed by atoms with Crippen molar-refractivity contribution in [2.75, 3.05) is 33.0 Å². The van der Waals surface area contributed by atoms with E-state index in [-0.39, 0.29) is 37.0 Å². The molecule has 0 aliphatic rings. The molecule has 0 heterocycles. The fourth-order valence-corrected chi connectivity index (χ4v) is 0.621. The summed E-state index contributed by atoms with van der Waals surface area (Å²) in [5.74, 6) is 1.38. The van der Waals surface area contributed by atoms with Gasteiger partial charge in [0.15, 0.2) is 0 Å². The van der Waals surface area contributed by atoms with Crippen LogP contribution in [0.4, 0.5) is 0 Å². The minimum absolute atomic E-state index is 0. The van der Waals surface area contributed by atoms with E-state index in [4.69, 9.17) is 9.47 Å². The fourth-order valence-electron chi connectivity index (χ4n) is 0.621. The van der Waals surface area contributed by atoms with Crippen molar-refractivity contribution in [2.45, 2.75) is 27.7 Å². The Kier molecular flexibility index (Phi) is 25.0. The molecule has 0 aromatic carbocycles. The van der Waals surface area contributed by atoms with Gasteiger partial charge in [0.1, 0.15) is 0 Å². The first kappa shape index (κ1) is 22.6. The topological polar surface area (TPSA) is 47.6 Å². The minimum Gasteiger partial charge on any atom is -0.411 e. The number of nitrogens with one attached hydrogen (secondary N) is 1. The average molecular weight is 469 g/mol. The summed E-state index contributed by atoms with van der Waals surface area (Å²) in [6, 6.07) is 0. The number of hydrogen-bond acceptors (Lipinski definition) is 3. The van der Waals surface area contributed by atoms with Gasteiger partial charge in [0.05, 0.1) is 19.8 Å². The molecule has 0 aromatic heterocycles. The third kappa shape index (κ3) is 38.5. The normalized spacial score (nSPS) is 9.06.